The molecule has 0 aromatic carbocycles. The number of unbranched alkanes of at least 4 members (excludes halogenated alkanes) is 2. The summed E-state index contributed by atoms with van der Waals surface area (Å²) in [6, 6.07) is 0. The predicted molar refractivity (Wildman–Crippen MR) is 93.1 cm³/mol. The number of carbonyl (C=O) groups is 2. The largest absolute Gasteiger partial charge is 0.467 e. The van der Waals surface area contributed by atoms with E-state index in [4.69, 9.17) is 18.9 Å². The summed E-state index contributed by atoms with van der Waals surface area (Å²) in [7, 11) is 1.35. The van der Waals surface area contributed by atoms with E-state index in [1.165, 1.54) is 7.11 Å². The number of ether oxygens (including phenoxy) is 4. The van der Waals surface area contributed by atoms with Gasteiger partial charge in [0, 0.05) is 13.0 Å². The van der Waals surface area contributed by atoms with E-state index in [0.717, 1.165) is 25.7 Å². The lowest BCUT2D eigenvalue weighted by Crippen LogP contribution is -2.64. The molecule has 0 spiro atoms. The summed E-state index contributed by atoms with van der Waals surface area (Å²) in [6.07, 6.45) is 4.19. The molecule has 0 aliphatic carbocycles. The lowest BCUT2D eigenvalue weighted by atomic mass is 9.77. The highest BCUT2D eigenvalue weighted by Crippen LogP contribution is 2.56. The minimum atomic E-state index is -1.23. The Morgan fingerprint density at radius 1 is 1.31 bits per heavy atom. The maximum Gasteiger partial charge on any atom is 0.337 e. The summed E-state index contributed by atoms with van der Waals surface area (Å²) in [5, 5.41) is 0. The molecule has 3 aliphatic heterocycles. The van der Waals surface area contributed by atoms with Gasteiger partial charge in [0.2, 0.25) is 5.91 Å². The molecule has 0 aromatic heterocycles. The van der Waals surface area contributed by atoms with E-state index in [1.54, 1.807) is 4.90 Å². The van der Waals surface area contributed by atoms with Gasteiger partial charge in [-0.05, 0) is 26.2 Å². The van der Waals surface area contributed by atoms with Crippen LogP contribution < -0.4 is 0 Å². The molecule has 0 unspecified atom stereocenters. The number of hydrogen-bond donors (Lipinski definition) is 0. The fourth-order valence-corrected chi connectivity index (χ4v) is 4.61. The highest BCUT2D eigenvalue weighted by molar-refractivity contribution is 5.97. The van der Waals surface area contributed by atoms with Crippen LogP contribution in [0.4, 0.5) is 0 Å². The first-order valence-corrected chi connectivity index (χ1v) is 9.78. The Hall–Kier alpha value is -1.18. The maximum atomic E-state index is 13.3. The number of carbonyl (C=O) groups excluding carboxylic acids is 2. The van der Waals surface area contributed by atoms with E-state index < -0.39 is 35.5 Å². The van der Waals surface area contributed by atoms with Gasteiger partial charge in [0.05, 0.1) is 19.6 Å². The fourth-order valence-electron chi connectivity index (χ4n) is 4.61. The SMILES string of the molecule is CCCCO[C@H]1C[C@H]2C(=O)N3[C@H](CCCC)OC[C@@]3(C(=O)OC)[C@@]2(C)O1. The van der Waals surface area contributed by atoms with Crippen molar-refractivity contribution in [3.8, 4) is 0 Å². The second-order valence-electron chi connectivity index (χ2n) is 7.64. The van der Waals surface area contributed by atoms with Gasteiger partial charge in [-0.2, -0.15) is 0 Å². The number of amides is 1. The Balaban J connectivity index is 1.88. The number of fused-ring (bicyclic) bond motifs is 3. The highest BCUT2D eigenvalue weighted by Gasteiger charge is 2.78. The van der Waals surface area contributed by atoms with Crippen LogP contribution in [-0.2, 0) is 28.5 Å². The lowest BCUT2D eigenvalue weighted by molar-refractivity contribution is -0.203. The summed E-state index contributed by atoms with van der Waals surface area (Å²) in [4.78, 5) is 27.7. The summed E-state index contributed by atoms with van der Waals surface area (Å²) in [6.45, 7) is 6.71. The Labute approximate surface area is 155 Å². The van der Waals surface area contributed by atoms with Crippen LogP contribution in [0, 0.1) is 5.92 Å². The van der Waals surface area contributed by atoms with Crippen LogP contribution in [0.25, 0.3) is 0 Å². The van der Waals surface area contributed by atoms with Crippen molar-refractivity contribution in [2.45, 2.75) is 83.0 Å². The Kier molecular flexibility index (Phi) is 5.61. The average molecular weight is 369 g/mol. The molecule has 3 fully saturated rings. The molecule has 0 radical (unpaired) electrons. The van der Waals surface area contributed by atoms with Crippen molar-refractivity contribution in [2.75, 3.05) is 20.3 Å². The third kappa shape index (κ3) is 2.67. The Morgan fingerprint density at radius 3 is 2.69 bits per heavy atom. The van der Waals surface area contributed by atoms with Crippen LogP contribution in [0.3, 0.4) is 0 Å². The molecule has 0 N–H and O–H groups in total. The van der Waals surface area contributed by atoms with Gasteiger partial charge in [-0.1, -0.05) is 26.7 Å². The molecule has 7 heteroatoms. The summed E-state index contributed by atoms with van der Waals surface area (Å²) in [5.74, 6) is -0.969. The zero-order valence-corrected chi connectivity index (χ0v) is 16.3. The molecular formula is C19H31NO6. The highest BCUT2D eigenvalue weighted by atomic mass is 16.7. The molecule has 0 bridgehead atoms. The minimum absolute atomic E-state index is 0.0851. The van der Waals surface area contributed by atoms with E-state index >= 15 is 0 Å². The van der Waals surface area contributed by atoms with Gasteiger partial charge in [0.1, 0.15) is 11.8 Å². The molecule has 0 aromatic rings. The first-order valence-electron chi connectivity index (χ1n) is 9.78. The van der Waals surface area contributed by atoms with Gasteiger partial charge >= 0.3 is 5.97 Å². The van der Waals surface area contributed by atoms with E-state index in [0.29, 0.717) is 19.4 Å². The first kappa shape index (κ1) is 19.6. The molecule has 148 valence electrons. The van der Waals surface area contributed by atoms with Crippen LogP contribution in [-0.4, -0.2) is 60.8 Å². The number of rotatable bonds is 8. The molecule has 5 atom stereocenters. The molecule has 3 aliphatic rings. The van der Waals surface area contributed by atoms with Crippen molar-refractivity contribution in [3.63, 3.8) is 0 Å². The predicted octanol–water partition coefficient (Wildman–Crippen LogP) is 2.22. The Morgan fingerprint density at radius 2 is 2.04 bits per heavy atom. The van der Waals surface area contributed by atoms with Gasteiger partial charge in [-0.3, -0.25) is 9.69 Å². The van der Waals surface area contributed by atoms with E-state index in [1.807, 2.05) is 6.92 Å². The molecular weight excluding hydrogens is 338 g/mol. The maximum absolute atomic E-state index is 13.3. The van der Waals surface area contributed by atoms with Crippen LogP contribution >= 0.6 is 0 Å². The van der Waals surface area contributed by atoms with Crippen molar-refractivity contribution < 1.29 is 28.5 Å². The first-order chi connectivity index (χ1) is 12.5. The zero-order valence-electron chi connectivity index (χ0n) is 16.3. The topological polar surface area (TPSA) is 74.3 Å². The summed E-state index contributed by atoms with van der Waals surface area (Å²) >= 11 is 0. The second kappa shape index (κ2) is 7.44. The molecule has 0 saturated carbocycles. The Bertz CT molecular complexity index is 554. The summed E-state index contributed by atoms with van der Waals surface area (Å²) in [5.41, 5.74) is -2.24. The van der Waals surface area contributed by atoms with Crippen LogP contribution in [0.2, 0.25) is 0 Å². The van der Waals surface area contributed by atoms with Crippen molar-refractivity contribution >= 4 is 11.9 Å². The van der Waals surface area contributed by atoms with E-state index in [2.05, 4.69) is 13.8 Å². The van der Waals surface area contributed by atoms with E-state index in [9.17, 15) is 9.59 Å². The smallest absolute Gasteiger partial charge is 0.337 e. The van der Waals surface area contributed by atoms with Gasteiger partial charge in [-0.25, -0.2) is 4.79 Å². The van der Waals surface area contributed by atoms with Crippen molar-refractivity contribution in [1.82, 2.24) is 4.90 Å². The van der Waals surface area contributed by atoms with Gasteiger partial charge < -0.3 is 18.9 Å². The molecule has 26 heavy (non-hydrogen) atoms. The van der Waals surface area contributed by atoms with Crippen LogP contribution in [0.15, 0.2) is 0 Å². The minimum Gasteiger partial charge on any atom is -0.467 e. The molecule has 7 nitrogen and oxygen atoms in total. The fraction of sp³-hybridized carbons (Fsp3) is 0.895. The quantitative estimate of drug-likeness (QED) is 0.482. The van der Waals surface area contributed by atoms with E-state index in [-0.39, 0.29) is 12.5 Å². The number of hydrogen-bond acceptors (Lipinski definition) is 6. The van der Waals surface area contributed by atoms with Crippen LogP contribution in [0.5, 0.6) is 0 Å². The molecule has 1 amide bonds. The third-order valence-electron chi connectivity index (χ3n) is 6.14. The zero-order chi connectivity index (χ0) is 18.9. The summed E-state index contributed by atoms with van der Waals surface area (Å²) < 4.78 is 23.0. The lowest BCUT2D eigenvalue weighted by Gasteiger charge is -2.39. The second-order valence-corrected chi connectivity index (χ2v) is 7.64. The third-order valence-corrected chi connectivity index (χ3v) is 6.14. The van der Waals surface area contributed by atoms with Crippen LogP contribution in [0.1, 0.15) is 59.3 Å². The molecule has 3 heterocycles. The van der Waals surface area contributed by atoms with Crippen molar-refractivity contribution in [1.29, 1.82) is 0 Å². The monoisotopic (exact) mass is 369 g/mol. The number of esters is 1. The standard InChI is InChI=1S/C19H31NO6/c1-5-7-9-14-20-16(21)13-11-15(24-10-8-6-2)26-18(13,3)19(20,12-25-14)17(22)23-4/h13-15H,5-12H2,1-4H3/t13-,14-,15+,18-,19+/m0/s1. The van der Waals surface area contributed by atoms with Crippen molar-refractivity contribution in [2.24, 2.45) is 5.92 Å². The van der Waals surface area contributed by atoms with Crippen molar-refractivity contribution in [3.05, 3.63) is 0 Å². The average Bonchev–Trinajstić information content (AvgIpc) is 3.23. The molecule has 3 rings (SSSR count). The number of methoxy groups -OCH3 is 1. The van der Waals surface area contributed by atoms with Gasteiger partial charge in [0.25, 0.3) is 0 Å². The normalized spacial score (nSPS) is 38.5. The molecule has 3 saturated heterocycles. The van der Waals surface area contributed by atoms with Gasteiger partial charge in [0.15, 0.2) is 11.8 Å². The van der Waals surface area contributed by atoms with Gasteiger partial charge in [-0.15, -0.1) is 0 Å². The number of nitrogens with zero attached hydrogens (tertiary/aromatic N) is 1.